The first-order chi connectivity index (χ1) is 15.1. The summed E-state index contributed by atoms with van der Waals surface area (Å²) in [6, 6.07) is 7.15. The lowest BCUT2D eigenvalue weighted by molar-refractivity contribution is -0.0498. The molecule has 0 spiro atoms. The van der Waals surface area contributed by atoms with Gasteiger partial charge in [0.15, 0.2) is 0 Å². The number of hydrogen-bond donors (Lipinski definition) is 0. The van der Waals surface area contributed by atoms with Crippen molar-refractivity contribution in [2.75, 3.05) is 0 Å². The number of ether oxygens (including phenoxy) is 1. The first-order valence-electron chi connectivity index (χ1n) is 12.4. The number of unbranched alkanes of at least 4 members (excludes halogenated alkanes) is 2. The third-order valence-electron chi connectivity index (χ3n) is 7.15. The van der Waals surface area contributed by atoms with E-state index in [1.54, 1.807) is 12.1 Å². The van der Waals surface area contributed by atoms with Crippen LogP contribution in [0.4, 0.5) is 8.78 Å². The van der Waals surface area contributed by atoms with Crippen LogP contribution in [0.3, 0.4) is 0 Å². The number of alkyl halides is 2. The van der Waals surface area contributed by atoms with Gasteiger partial charge in [-0.2, -0.15) is 8.78 Å². The summed E-state index contributed by atoms with van der Waals surface area (Å²) in [6.45, 7) is -0.483. The van der Waals surface area contributed by atoms with Crippen molar-refractivity contribution in [2.45, 2.75) is 96.5 Å². The number of halogens is 2. The second kappa shape index (κ2) is 12.9. The van der Waals surface area contributed by atoms with Crippen LogP contribution in [-0.2, 0) is 0 Å². The minimum absolute atomic E-state index is 0.232. The monoisotopic (exact) mass is 428 g/mol. The third-order valence-corrected chi connectivity index (χ3v) is 7.15. The van der Waals surface area contributed by atoms with Crippen molar-refractivity contribution in [1.82, 2.24) is 0 Å². The van der Waals surface area contributed by atoms with Crippen LogP contribution in [0.25, 0.3) is 0 Å². The van der Waals surface area contributed by atoms with Gasteiger partial charge in [0, 0.05) is 5.92 Å². The molecule has 0 heterocycles. The van der Waals surface area contributed by atoms with Gasteiger partial charge in [-0.1, -0.05) is 62.7 Å². The molecule has 2 aliphatic rings. The van der Waals surface area contributed by atoms with Gasteiger partial charge in [0.1, 0.15) is 5.75 Å². The first-order valence-corrected chi connectivity index (χ1v) is 12.4. The molecule has 1 nitrogen and oxygen atoms in total. The van der Waals surface area contributed by atoms with Crippen molar-refractivity contribution in [3.8, 4) is 17.6 Å². The van der Waals surface area contributed by atoms with Crippen LogP contribution in [0.2, 0.25) is 0 Å². The molecule has 0 saturated heterocycles. The second-order valence-corrected chi connectivity index (χ2v) is 9.42. The molecule has 1 aromatic carbocycles. The molecule has 0 aromatic heterocycles. The topological polar surface area (TPSA) is 9.23 Å². The maximum Gasteiger partial charge on any atom is 0.387 e. The predicted octanol–water partition coefficient (Wildman–Crippen LogP) is 8.51. The predicted molar refractivity (Wildman–Crippen MR) is 124 cm³/mol. The molecule has 0 amide bonds. The molecule has 1 aromatic rings. The Morgan fingerprint density at radius 2 is 1.68 bits per heavy atom. The van der Waals surface area contributed by atoms with Gasteiger partial charge in [-0.15, -0.1) is 0 Å². The van der Waals surface area contributed by atoms with E-state index in [1.165, 1.54) is 56.9 Å². The lowest BCUT2D eigenvalue weighted by atomic mass is 9.79. The number of hydrogen-bond acceptors (Lipinski definition) is 1. The molecule has 0 bridgehead atoms. The summed E-state index contributed by atoms with van der Waals surface area (Å²) in [5, 5.41) is 0. The van der Waals surface area contributed by atoms with Gasteiger partial charge in [0.05, 0.1) is 0 Å². The maximum atomic E-state index is 12.3. The van der Waals surface area contributed by atoms with Gasteiger partial charge in [-0.05, 0) is 92.9 Å². The van der Waals surface area contributed by atoms with E-state index in [0.717, 1.165) is 37.5 Å². The van der Waals surface area contributed by atoms with Gasteiger partial charge in [0.25, 0.3) is 0 Å². The summed E-state index contributed by atoms with van der Waals surface area (Å²) in [5.74, 6) is 9.69. The third kappa shape index (κ3) is 8.32. The molecular formula is C28H38F2O. The highest BCUT2D eigenvalue weighted by atomic mass is 19.3. The molecule has 0 atom stereocenters. The number of rotatable bonds is 8. The fourth-order valence-electron chi connectivity index (χ4n) is 5.20. The summed E-state index contributed by atoms with van der Waals surface area (Å²) >= 11 is 0. The van der Waals surface area contributed by atoms with Crippen LogP contribution in [0.5, 0.6) is 5.75 Å². The Hall–Kier alpha value is -1.82. The Balaban J connectivity index is 1.35. The van der Waals surface area contributed by atoms with Gasteiger partial charge in [-0.25, -0.2) is 0 Å². The normalized spacial score (nSPS) is 26.6. The van der Waals surface area contributed by atoms with Crippen LogP contribution in [-0.4, -0.2) is 6.61 Å². The molecule has 0 aliphatic heterocycles. The lowest BCUT2D eigenvalue weighted by Crippen LogP contribution is -2.13. The van der Waals surface area contributed by atoms with E-state index in [4.69, 9.17) is 0 Å². The Kier molecular flexibility index (Phi) is 9.91. The highest BCUT2D eigenvalue weighted by Crippen LogP contribution is 2.36. The molecule has 3 heteroatoms. The highest BCUT2D eigenvalue weighted by molar-refractivity contribution is 5.30. The van der Waals surface area contributed by atoms with Crippen molar-refractivity contribution in [3.63, 3.8) is 0 Å². The average molecular weight is 429 g/mol. The van der Waals surface area contributed by atoms with E-state index in [-0.39, 0.29) is 5.75 Å². The van der Waals surface area contributed by atoms with Crippen LogP contribution in [0, 0.1) is 29.6 Å². The quantitative estimate of drug-likeness (QED) is 0.298. The van der Waals surface area contributed by atoms with Crippen molar-refractivity contribution in [2.24, 2.45) is 17.8 Å². The summed E-state index contributed by atoms with van der Waals surface area (Å²) < 4.78 is 29.0. The molecule has 2 saturated carbocycles. The van der Waals surface area contributed by atoms with E-state index < -0.39 is 6.61 Å². The SMILES string of the molecule is CCCCC[C@H]1CC[C@H](/C=C/C#C[C@H]2CC[C@H](c3ccc(OC(F)F)cc3)CC2)CC1. The Labute approximate surface area is 187 Å². The van der Waals surface area contributed by atoms with Crippen molar-refractivity contribution >= 4 is 0 Å². The van der Waals surface area contributed by atoms with Gasteiger partial charge in [-0.3, -0.25) is 0 Å². The Morgan fingerprint density at radius 3 is 2.32 bits per heavy atom. The molecule has 31 heavy (non-hydrogen) atoms. The number of allylic oxidation sites excluding steroid dienone is 2. The van der Waals surface area contributed by atoms with Crippen molar-refractivity contribution in [3.05, 3.63) is 42.0 Å². The van der Waals surface area contributed by atoms with Crippen LogP contribution < -0.4 is 4.74 Å². The molecular weight excluding hydrogens is 390 g/mol. The summed E-state index contributed by atoms with van der Waals surface area (Å²) in [5.41, 5.74) is 1.22. The van der Waals surface area contributed by atoms with Crippen LogP contribution >= 0.6 is 0 Å². The average Bonchev–Trinajstić information content (AvgIpc) is 2.78. The zero-order valence-corrected chi connectivity index (χ0v) is 19.0. The van der Waals surface area contributed by atoms with Crippen molar-refractivity contribution < 1.29 is 13.5 Å². The molecule has 170 valence electrons. The van der Waals surface area contributed by atoms with E-state index in [2.05, 4.69) is 35.7 Å². The molecule has 0 unspecified atom stereocenters. The van der Waals surface area contributed by atoms with E-state index in [9.17, 15) is 8.78 Å². The second-order valence-electron chi connectivity index (χ2n) is 9.42. The summed E-state index contributed by atoms with van der Waals surface area (Å²) in [4.78, 5) is 0. The van der Waals surface area contributed by atoms with E-state index >= 15 is 0 Å². The molecule has 0 radical (unpaired) electrons. The van der Waals surface area contributed by atoms with Crippen LogP contribution in [0.15, 0.2) is 36.4 Å². The molecule has 2 fully saturated rings. The minimum Gasteiger partial charge on any atom is -0.435 e. The van der Waals surface area contributed by atoms with Crippen LogP contribution in [0.1, 0.15) is 95.5 Å². The Bertz CT molecular complexity index is 712. The summed E-state index contributed by atoms with van der Waals surface area (Å²) in [7, 11) is 0. The number of benzene rings is 1. The smallest absolute Gasteiger partial charge is 0.387 e. The highest BCUT2D eigenvalue weighted by Gasteiger charge is 2.21. The maximum absolute atomic E-state index is 12.3. The van der Waals surface area contributed by atoms with E-state index in [0.29, 0.717) is 11.8 Å². The standard InChI is InChI=1S/C28H38F2O/c1-2-3-4-7-22-10-12-23(13-11-22)8-5-6-9-24-14-16-25(17-15-24)26-18-20-27(21-19-26)31-28(29)30/h5,8,18-25,28H,2-4,7,10-17H2,1H3/b8-5+/t22-,23-,24-,25-. The van der Waals surface area contributed by atoms with Gasteiger partial charge >= 0.3 is 6.61 Å². The molecule has 2 aliphatic carbocycles. The lowest BCUT2D eigenvalue weighted by Gasteiger charge is -2.26. The first kappa shape index (κ1) is 23.8. The minimum atomic E-state index is -2.76. The zero-order chi connectivity index (χ0) is 21.9. The zero-order valence-electron chi connectivity index (χ0n) is 19.0. The largest absolute Gasteiger partial charge is 0.435 e. The van der Waals surface area contributed by atoms with Gasteiger partial charge in [0.2, 0.25) is 0 Å². The van der Waals surface area contributed by atoms with Gasteiger partial charge < -0.3 is 4.74 Å². The Morgan fingerprint density at radius 1 is 0.968 bits per heavy atom. The summed E-state index contributed by atoms with van der Waals surface area (Å²) in [6.07, 6.45) is 19.9. The fourth-order valence-corrected chi connectivity index (χ4v) is 5.20. The molecule has 0 N–H and O–H groups in total. The van der Waals surface area contributed by atoms with E-state index in [1.807, 2.05) is 12.1 Å². The fraction of sp³-hybridized carbons (Fsp3) is 0.643. The van der Waals surface area contributed by atoms with Crippen molar-refractivity contribution in [1.29, 1.82) is 0 Å². The molecule has 3 rings (SSSR count).